The molecule has 12 heteroatoms. The third kappa shape index (κ3) is 5.45. The number of carbonyl (C=O) groups is 1. The number of hydrogen-bond donors (Lipinski definition) is 2. The molecule has 2 aromatic heterocycles. The number of carbonyl (C=O) groups excluding carboxylic acids is 1. The normalized spacial score (nSPS) is 13.3. The number of anilines is 1. The van der Waals surface area contributed by atoms with Crippen molar-refractivity contribution in [3.63, 3.8) is 0 Å². The fraction of sp³-hybridized carbons (Fsp3) is 0.238. The predicted molar refractivity (Wildman–Crippen MR) is 115 cm³/mol. The predicted octanol–water partition coefficient (Wildman–Crippen LogP) is 4.90. The molecule has 1 amide bonds. The van der Waals surface area contributed by atoms with E-state index in [1.54, 1.807) is 26.0 Å². The maximum absolute atomic E-state index is 13.4. The number of amides is 1. The van der Waals surface area contributed by atoms with Crippen LogP contribution in [0.25, 0.3) is 0 Å². The lowest BCUT2D eigenvalue weighted by Gasteiger charge is -2.16. The molecule has 1 atom stereocenters. The van der Waals surface area contributed by atoms with E-state index < -0.39 is 44.5 Å². The van der Waals surface area contributed by atoms with Crippen molar-refractivity contribution in [1.29, 1.82) is 4.78 Å². The highest BCUT2D eigenvalue weighted by atomic mass is 32.2. The summed E-state index contributed by atoms with van der Waals surface area (Å²) in [5.74, 6) is -1.17. The van der Waals surface area contributed by atoms with Crippen LogP contribution in [0.3, 0.4) is 0 Å². The van der Waals surface area contributed by atoms with Crippen LogP contribution >= 0.6 is 0 Å². The summed E-state index contributed by atoms with van der Waals surface area (Å²) in [6.07, 6.45) is -3.63. The molecule has 0 aliphatic carbocycles. The summed E-state index contributed by atoms with van der Waals surface area (Å²) >= 11 is 0. The van der Waals surface area contributed by atoms with Gasteiger partial charge in [0, 0.05) is 22.5 Å². The molecular weight excluding hydrogens is 459 g/mol. The summed E-state index contributed by atoms with van der Waals surface area (Å²) in [6, 6.07) is 8.89. The van der Waals surface area contributed by atoms with Gasteiger partial charge in [-0.2, -0.15) is 13.2 Å². The molecule has 0 aliphatic rings. The molecule has 3 aromatic rings. The van der Waals surface area contributed by atoms with Crippen molar-refractivity contribution >= 4 is 21.3 Å². The van der Waals surface area contributed by atoms with E-state index in [0.29, 0.717) is 11.4 Å². The number of pyridine rings is 1. The molecule has 1 unspecified atom stereocenters. The Bertz CT molecular complexity index is 1340. The van der Waals surface area contributed by atoms with E-state index in [4.69, 9.17) is 9.52 Å². The molecule has 2 heterocycles. The number of ether oxygens (including phenoxy) is 1. The first kappa shape index (κ1) is 24.1. The Labute approximate surface area is 188 Å². The van der Waals surface area contributed by atoms with E-state index in [9.17, 15) is 22.2 Å². The van der Waals surface area contributed by atoms with Gasteiger partial charge in [0.1, 0.15) is 5.56 Å². The van der Waals surface area contributed by atoms with Crippen LogP contribution in [0.4, 0.5) is 18.9 Å². The molecular formula is C21H20F3N5O3S. The van der Waals surface area contributed by atoms with E-state index in [0.717, 1.165) is 6.92 Å². The Morgan fingerprint density at radius 2 is 1.82 bits per heavy atom. The Morgan fingerprint density at radius 1 is 1.12 bits per heavy atom. The highest BCUT2D eigenvalue weighted by molar-refractivity contribution is 7.91. The van der Waals surface area contributed by atoms with Gasteiger partial charge in [0.05, 0.1) is 15.4 Å². The zero-order valence-corrected chi connectivity index (χ0v) is 18.9. The molecule has 3 rings (SSSR count). The van der Waals surface area contributed by atoms with Gasteiger partial charge < -0.3 is 10.1 Å². The molecule has 33 heavy (non-hydrogen) atoms. The first-order valence-corrected chi connectivity index (χ1v) is 11.5. The van der Waals surface area contributed by atoms with E-state index in [-0.39, 0.29) is 16.3 Å². The summed E-state index contributed by atoms with van der Waals surface area (Å²) < 4.78 is 65.6. The van der Waals surface area contributed by atoms with Crippen molar-refractivity contribution in [2.24, 2.45) is 0 Å². The zero-order chi connectivity index (χ0) is 24.6. The average Bonchev–Trinajstić information content (AvgIpc) is 2.68. The Hall–Kier alpha value is -3.54. The van der Waals surface area contributed by atoms with Crippen molar-refractivity contribution < 1.29 is 26.9 Å². The minimum Gasteiger partial charge on any atom is -0.435 e. The van der Waals surface area contributed by atoms with Crippen molar-refractivity contribution in [2.45, 2.75) is 31.8 Å². The second-order valence-corrected chi connectivity index (χ2v) is 9.47. The monoisotopic (exact) mass is 479 g/mol. The summed E-state index contributed by atoms with van der Waals surface area (Å²) in [4.78, 5) is 17.4. The molecule has 1 aromatic carbocycles. The average molecular weight is 479 g/mol. The van der Waals surface area contributed by atoms with E-state index in [2.05, 4.69) is 20.5 Å². The van der Waals surface area contributed by atoms with Crippen LogP contribution in [0.2, 0.25) is 0 Å². The van der Waals surface area contributed by atoms with Gasteiger partial charge in [-0.15, -0.1) is 10.2 Å². The fourth-order valence-corrected chi connectivity index (χ4v) is 3.69. The third-order valence-corrected chi connectivity index (χ3v) is 5.76. The van der Waals surface area contributed by atoms with Gasteiger partial charge >= 0.3 is 6.18 Å². The molecule has 8 nitrogen and oxygen atoms in total. The van der Waals surface area contributed by atoms with Crippen molar-refractivity contribution in [2.75, 3.05) is 11.6 Å². The zero-order valence-electron chi connectivity index (χ0n) is 18.1. The number of nitrogens with zero attached hydrogens (tertiary/aromatic N) is 3. The highest BCUT2D eigenvalue weighted by Crippen LogP contribution is 2.35. The molecule has 0 spiro atoms. The van der Waals surface area contributed by atoms with Crippen LogP contribution in [0, 0.1) is 25.6 Å². The maximum Gasteiger partial charge on any atom is 0.435 e. The number of rotatable bonds is 5. The van der Waals surface area contributed by atoms with Gasteiger partial charge in [0.2, 0.25) is 0 Å². The fourth-order valence-electron chi connectivity index (χ4n) is 3.00. The number of nitrogens with one attached hydrogen (secondary N) is 2. The number of hydrogen-bond acceptors (Lipinski definition) is 7. The van der Waals surface area contributed by atoms with Gasteiger partial charge in [-0.05, 0) is 56.7 Å². The molecule has 0 saturated heterocycles. The number of benzene rings is 1. The van der Waals surface area contributed by atoms with E-state index >= 15 is 0 Å². The third-order valence-electron chi connectivity index (χ3n) is 4.61. The quantitative estimate of drug-likeness (QED) is 0.538. The molecule has 0 radical (unpaired) electrons. The standard InChI is InChI=1S/C21H20F3N5O3S/c1-11-8-9-16(13(3)26-11)32-20-17(12(2)18(28-29-20)21(22,23)24)19(30)27-14-6-5-7-15(10-14)33(4,25)31/h5-10,25H,1-4H3,(H,27,30). The molecule has 2 N–H and O–H groups in total. The van der Waals surface area contributed by atoms with Gasteiger partial charge in [-0.25, -0.2) is 8.99 Å². The van der Waals surface area contributed by atoms with Crippen molar-refractivity contribution in [3.8, 4) is 11.6 Å². The molecule has 0 aliphatic heterocycles. The second kappa shape index (κ2) is 8.77. The largest absolute Gasteiger partial charge is 0.435 e. The molecule has 0 bridgehead atoms. The first-order chi connectivity index (χ1) is 15.3. The van der Waals surface area contributed by atoms with Crippen molar-refractivity contribution in [3.05, 3.63) is 64.6 Å². The van der Waals surface area contributed by atoms with Crippen LogP contribution in [0.5, 0.6) is 11.6 Å². The Kier molecular flexibility index (Phi) is 6.41. The van der Waals surface area contributed by atoms with Crippen molar-refractivity contribution in [1.82, 2.24) is 15.2 Å². The lowest BCUT2D eigenvalue weighted by molar-refractivity contribution is -0.142. The van der Waals surface area contributed by atoms with Crippen LogP contribution in [0.15, 0.2) is 41.3 Å². The Balaban J connectivity index is 2.08. The van der Waals surface area contributed by atoms with Crippen LogP contribution in [-0.2, 0) is 15.9 Å². The molecule has 0 saturated carbocycles. The summed E-state index contributed by atoms with van der Waals surface area (Å²) in [5, 5.41) is 9.22. The summed E-state index contributed by atoms with van der Waals surface area (Å²) in [5.41, 5.74) is -0.973. The highest BCUT2D eigenvalue weighted by Gasteiger charge is 2.38. The maximum atomic E-state index is 13.4. The van der Waals surface area contributed by atoms with Gasteiger partial charge in [-0.1, -0.05) is 6.07 Å². The number of alkyl halides is 3. The van der Waals surface area contributed by atoms with Gasteiger partial charge in [0.15, 0.2) is 11.4 Å². The number of halogens is 3. The second-order valence-electron chi connectivity index (χ2n) is 7.32. The minimum absolute atomic E-state index is 0.142. The number of aromatic nitrogens is 3. The van der Waals surface area contributed by atoms with Crippen LogP contribution in [-0.4, -0.2) is 31.6 Å². The topological polar surface area (TPSA) is 118 Å². The lowest BCUT2D eigenvalue weighted by atomic mass is 10.1. The number of aryl methyl sites for hydroxylation is 2. The Morgan fingerprint density at radius 3 is 2.42 bits per heavy atom. The first-order valence-electron chi connectivity index (χ1n) is 9.49. The smallest absolute Gasteiger partial charge is 0.435 e. The summed E-state index contributed by atoms with van der Waals surface area (Å²) in [6.45, 7) is 4.50. The SMILES string of the molecule is Cc1ccc(Oc2nnc(C(F)(F)F)c(C)c2C(=O)Nc2cccc(S(C)(=N)=O)c2)c(C)n1. The van der Waals surface area contributed by atoms with Crippen LogP contribution in [0.1, 0.15) is 33.0 Å². The molecule has 0 fully saturated rings. The summed E-state index contributed by atoms with van der Waals surface area (Å²) in [7, 11) is -3.07. The van der Waals surface area contributed by atoms with Gasteiger partial charge in [0.25, 0.3) is 11.8 Å². The minimum atomic E-state index is -4.84. The van der Waals surface area contributed by atoms with Gasteiger partial charge in [-0.3, -0.25) is 9.78 Å². The molecule has 174 valence electrons. The van der Waals surface area contributed by atoms with Crippen LogP contribution < -0.4 is 10.1 Å². The van der Waals surface area contributed by atoms with E-state index in [1.807, 2.05) is 0 Å². The lowest BCUT2D eigenvalue weighted by Crippen LogP contribution is -2.21. The van der Waals surface area contributed by atoms with E-state index in [1.165, 1.54) is 30.5 Å².